The molecule has 35 heavy (non-hydrogen) atoms. The molecule has 1 aromatic carbocycles. The monoisotopic (exact) mass is 495 g/mol. The zero-order valence-corrected chi connectivity index (χ0v) is 20.8. The van der Waals surface area contributed by atoms with E-state index in [1.165, 1.54) is 11.3 Å². The van der Waals surface area contributed by atoms with Crippen LogP contribution in [0.1, 0.15) is 18.9 Å². The van der Waals surface area contributed by atoms with Crippen LogP contribution in [0.25, 0.3) is 20.7 Å². The Bertz CT molecular complexity index is 1340. The molecule has 6 rings (SSSR count). The van der Waals surface area contributed by atoms with Crippen molar-refractivity contribution < 1.29 is 14.3 Å². The number of thiophene rings is 1. The number of likely N-dealkylation sites (tertiary alicyclic amines) is 2. The lowest BCUT2D eigenvalue weighted by Crippen LogP contribution is -2.46. The fourth-order valence-electron chi connectivity index (χ4n) is 5.27. The fourth-order valence-corrected chi connectivity index (χ4v) is 6.32. The Morgan fingerprint density at radius 3 is 2.74 bits per heavy atom. The quantitative estimate of drug-likeness (QED) is 0.556. The molecular formula is C25H29N5O4S. The summed E-state index contributed by atoms with van der Waals surface area (Å²) in [6.07, 6.45) is 3.39. The normalized spacial score (nSPS) is 22.2. The van der Waals surface area contributed by atoms with Crippen molar-refractivity contribution in [2.24, 2.45) is 0 Å². The summed E-state index contributed by atoms with van der Waals surface area (Å²) >= 11 is 1.44. The Morgan fingerprint density at radius 2 is 1.94 bits per heavy atom. The molecule has 5 heterocycles. The lowest BCUT2D eigenvalue weighted by Gasteiger charge is -2.29. The SMILES string of the molecule is CN1CC[C@H](N(C)C(=O)N2CC[C@H](n3cnc4cc(-c5ccc6c(c5)OCCO6)sc4c3=O)C2)C1. The van der Waals surface area contributed by atoms with Crippen LogP contribution in [0.3, 0.4) is 0 Å². The van der Waals surface area contributed by atoms with Crippen LogP contribution < -0.4 is 15.0 Å². The predicted octanol–water partition coefficient (Wildman–Crippen LogP) is 2.90. The number of nitrogens with zero attached hydrogens (tertiary/aromatic N) is 5. The summed E-state index contributed by atoms with van der Waals surface area (Å²) in [5.74, 6) is 1.47. The number of hydrogen-bond donors (Lipinski definition) is 0. The minimum absolute atomic E-state index is 0.0473. The van der Waals surface area contributed by atoms with Crippen molar-refractivity contribution in [2.45, 2.75) is 24.9 Å². The summed E-state index contributed by atoms with van der Waals surface area (Å²) in [5.41, 5.74) is 1.62. The summed E-state index contributed by atoms with van der Waals surface area (Å²) in [4.78, 5) is 38.1. The molecule has 2 saturated heterocycles. The molecule has 3 aliphatic rings. The Hall–Kier alpha value is -3.11. The first-order chi connectivity index (χ1) is 17.0. The lowest BCUT2D eigenvalue weighted by atomic mass is 10.1. The van der Waals surface area contributed by atoms with Gasteiger partial charge in [0.1, 0.15) is 17.9 Å². The van der Waals surface area contributed by atoms with Crippen molar-refractivity contribution in [2.75, 3.05) is 53.5 Å². The Balaban J connectivity index is 1.22. The molecule has 0 radical (unpaired) electrons. The average Bonchev–Trinajstić information content (AvgIpc) is 3.63. The van der Waals surface area contributed by atoms with Crippen LogP contribution in [0.15, 0.2) is 35.4 Å². The average molecular weight is 496 g/mol. The maximum atomic E-state index is 13.4. The molecule has 2 amide bonds. The molecule has 0 aliphatic carbocycles. The van der Waals surface area contributed by atoms with Gasteiger partial charge < -0.3 is 24.2 Å². The summed E-state index contributed by atoms with van der Waals surface area (Å²) < 4.78 is 13.7. The molecule has 184 valence electrons. The van der Waals surface area contributed by atoms with Gasteiger partial charge in [-0.15, -0.1) is 11.3 Å². The second kappa shape index (κ2) is 8.83. The van der Waals surface area contributed by atoms with Crippen molar-refractivity contribution in [3.63, 3.8) is 0 Å². The third-order valence-electron chi connectivity index (χ3n) is 7.33. The van der Waals surface area contributed by atoms with Crippen molar-refractivity contribution in [3.8, 4) is 21.9 Å². The number of aromatic nitrogens is 2. The number of likely N-dealkylation sites (N-methyl/N-ethyl adjacent to an activating group) is 2. The van der Waals surface area contributed by atoms with Gasteiger partial charge in [0, 0.05) is 37.6 Å². The molecule has 0 N–H and O–H groups in total. The van der Waals surface area contributed by atoms with Crippen molar-refractivity contribution >= 4 is 27.6 Å². The molecule has 9 nitrogen and oxygen atoms in total. The Labute approximate surface area is 207 Å². The highest BCUT2D eigenvalue weighted by atomic mass is 32.1. The van der Waals surface area contributed by atoms with Crippen molar-refractivity contribution in [1.29, 1.82) is 0 Å². The minimum atomic E-state index is -0.0668. The zero-order chi connectivity index (χ0) is 24.1. The number of hydrogen-bond acceptors (Lipinski definition) is 7. The standard InChI is InChI=1S/C25H29N5O4S/c1-27-7-5-17(13-27)28(2)25(32)29-8-6-18(14-29)30-15-26-19-12-22(35-23(19)24(30)31)16-3-4-20-21(11-16)34-10-9-33-20/h3-4,11-12,15,17-18H,5-10,13-14H2,1-2H3/t17-,18-/m0/s1. The van der Waals surface area contributed by atoms with Crippen LogP contribution in [-0.4, -0.2) is 89.8 Å². The number of rotatable bonds is 3. The molecule has 3 aromatic rings. The van der Waals surface area contributed by atoms with Gasteiger partial charge in [0.15, 0.2) is 11.5 Å². The van der Waals surface area contributed by atoms with Crippen LogP contribution in [0.2, 0.25) is 0 Å². The molecule has 0 spiro atoms. The van der Waals surface area contributed by atoms with Crippen LogP contribution in [0, 0.1) is 0 Å². The molecule has 0 bridgehead atoms. The van der Waals surface area contributed by atoms with Gasteiger partial charge in [-0.25, -0.2) is 9.78 Å². The topological polar surface area (TPSA) is 80.1 Å². The van der Waals surface area contributed by atoms with E-state index < -0.39 is 0 Å². The fraction of sp³-hybridized carbons (Fsp3) is 0.480. The number of benzene rings is 1. The van der Waals surface area contributed by atoms with Gasteiger partial charge in [-0.1, -0.05) is 0 Å². The maximum absolute atomic E-state index is 13.4. The number of ether oxygens (including phenoxy) is 2. The number of urea groups is 1. The van der Waals surface area contributed by atoms with E-state index in [0.717, 1.165) is 47.9 Å². The predicted molar refractivity (Wildman–Crippen MR) is 135 cm³/mol. The molecule has 2 atom stereocenters. The smallest absolute Gasteiger partial charge is 0.320 e. The van der Waals surface area contributed by atoms with Crippen LogP contribution in [0.5, 0.6) is 11.5 Å². The molecule has 2 fully saturated rings. The van der Waals surface area contributed by atoms with Crippen LogP contribution in [0.4, 0.5) is 4.79 Å². The second-order valence-electron chi connectivity index (χ2n) is 9.63. The first kappa shape index (κ1) is 22.4. The third kappa shape index (κ3) is 4.04. The molecule has 2 aromatic heterocycles. The summed E-state index contributed by atoms with van der Waals surface area (Å²) in [5, 5.41) is 0. The summed E-state index contributed by atoms with van der Waals surface area (Å²) in [6, 6.07) is 8.03. The highest BCUT2D eigenvalue weighted by Crippen LogP contribution is 2.38. The largest absolute Gasteiger partial charge is 0.486 e. The molecular weight excluding hydrogens is 466 g/mol. The van der Waals surface area contributed by atoms with E-state index in [0.29, 0.717) is 36.5 Å². The van der Waals surface area contributed by atoms with Crippen molar-refractivity contribution in [1.82, 2.24) is 24.3 Å². The van der Waals surface area contributed by atoms with Crippen LogP contribution >= 0.6 is 11.3 Å². The van der Waals surface area contributed by atoms with Gasteiger partial charge in [0.25, 0.3) is 5.56 Å². The highest BCUT2D eigenvalue weighted by molar-refractivity contribution is 7.22. The highest BCUT2D eigenvalue weighted by Gasteiger charge is 2.34. The molecule has 10 heteroatoms. The van der Waals surface area contributed by atoms with Gasteiger partial charge in [-0.3, -0.25) is 9.36 Å². The summed E-state index contributed by atoms with van der Waals surface area (Å²) in [7, 11) is 3.98. The first-order valence-corrected chi connectivity index (χ1v) is 12.9. The minimum Gasteiger partial charge on any atom is -0.486 e. The Kier molecular flexibility index (Phi) is 5.64. The van der Waals surface area contributed by atoms with E-state index in [-0.39, 0.29) is 23.7 Å². The van der Waals surface area contributed by atoms with E-state index in [9.17, 15) is 9.59 Å². The van der Waals surface area contributed by atoms with Gasteiger partial charge in [0.05, 0.1) is 17.9 Å². The summed E-state index contributed by atoms with van der Waals surface area (Å²) in [6.45, 7) is 4.18. The van der Waals surface area contributed by atoms with Crippen LogP contribution in [-0.2, 0) is 0 Å². The Morgan fingerprint density at radius 1 is 1.11 bits per heavy atom. The number of carbonyl (C=O) groups excluding carboxylic acids is 1. The van der Waals surface area contributed by atoms with E-state index >= 15 is 0 Å². The third-order valence-corrected chi connectivity index (χ3v) is 8.49. The van der Waals surface area contributed by atoms with E-state index in [4.69, 9.17) is 9.47 Å². The van der Waals surface area contributed by atoms with E-state index in [1.54, 1.807) is 10.9 Å². The van der Waals surface area contributed by atoms with Gasteiger partial charge in [-0.05, 0) is 56.3 Å². The molecule has 3 aliphatic heterocycles. The lowest BCUT2D eigenvalue weighted by molar-refractivity contribution is 0.155. The maximum Gasteiger partial charge on any atom is 0.320 e. The second-order valence-corrected chi connectivity index (χ2v) is 10.7. The zero-order valence-electron chi connectivity index (χ0n) is 20.0. The number of fused-ring (bicyclic) bond motifs is 2. The molecule has 0 unspecified atom stereocenters. The van der Waals surface area contributed by atoms with Gasteiger partial charge in [0.2, 0.25) is 0 Å². The molecule has 0 saturated carbocycles. The van der Waals surface area contributed by atoms with E-state index in [2.05, 4.69) is 16.9 Å². The number of carbonyl (C=O) groups is 1. The van der Waals surface area contributed by atoms with E-state index in [1.807, 2.05) is 41.1 Å². The van der Waals surface area contributed by atoms with Gasteiger partial charge >= 0.3 is 6.03 Å². The van der Waals surface area contributed by atoms with Gasteiger partial charge in [-0.2, -0.15) is 0 Å². The number of amides is 2. The van der Waals surface area contributed by atoms with Crippen molar-refractivity contribution in [3.05, 3.63) is 40.9 Å². The first-order valence-electron chi connectivity index (χ1n) is 12.1.